The van der Waals surface area contributed by atoms with Gasteiger partial charge in [0.25, 0.3) is 5.91 Å². The Morgan fingerprint density at radius 3 is 2.35 bits per heavy atom. The fourth-order valence-electron chi connectivity index (χ4n) is 5.53. The molecule has 1 unspecified atom stereocenters. The molecule has 1 saturated carbocycles. The number of halogens is 1. The quantitative estimate of drug-likeness (QED) is 0.545. The van der Waals surface area contributed by atoms with Crippen LogP contribution in [0.1, 0.15) is 65.9 Å². The van der Waals surface area contributed by atoms with Crippen LogP contribution in [0.15, 0.2) is 42.5 Å². The van der Waals surface area contributed by atoms with Gasteiger partial charge in [-0.2, -0.15) is 0 Å². The number of benzene rings is 2. The molecule has 2 bridgehead atoms. The van der Waals surface area contributed by atoms with Crippen molar-refractivity contribution in [3.8, 4) is 5.75 Å². The summed E-state index contributed by atoms with van der Waals surface area (Å²) in [6.07, 6.45) is 5.80. The maximum absolute atomic E-state index is 14.8. The average molecular weight is 531 g/mol. The van der Waals surface area contributed by atoms with E-state index in [0.717, 1.165) is 55.9 Å². The highest BCUT2D eigenvalue weighted by Crippen LogP contribution is 2.46. The molecule has 10 heteroatoms. The van der Waals surface area contributed by atoms with Gasteiger partial charge < -0.3 is 14.4 Å². The highest BCUT2D eigenvalue weighted by molar-refractivity contribution is 7.89. The Bertz CT molecular complexity index is 1270. The van der Waals surface area contributed by atoms with Crippen LogP contribution < -0.4 is 9.46 Å². The van der Waals surface area contributed by atoms with E-state index < -0.39 is 21.7 Å². The fraction of sp³-hybridized carbons (Fsp3) is 0.481. The van der Waals surface area contributed by atoms with Crippen LogP contribution in [0, 0.1) is 11.7 Å². The van der Waals surface area contributed by atoms with Gasteiger partial charge in [0.2, 0.25) is 10.0 Å². The molecule has 2 aromatic rings. The zero-order valence-corrected chi connectivity index (χ0v) is 21.5. The summed E-state index contributed by atoms with van der Waals surface area (Å²) in [5.74, 6) is -1.04. The van der Waals surface area contributed by atoms with Gasteiger partial charge in [-0.15, -0.1) is 0 Å². The third kappa shape index (κ3) is 6.06. The van der Waals surface area contributed by atoms with Gasteiger partial charge >= 0.3 is 6.09 Å². The van der Waals surface area contributed by atoms with Crippen LogP contribution in [0.3, 0.4) is 0 Å². The lowest BCUT2D eigenvalue weighted by Gasteiger charge is -2.38. The van der Waals surface area contributed by atoms with E-state index in [1.165, 1.54) is 12.1 Å². The first kappa shape index (κ1) is 25.5. The van der Waals surface area contributed by atoms with Gasteiger partial charge in [0, 0.05) is 18.2 Å². The minimum Gasteiger partial charge on any atom is -0.493 e. The number of carbonyl (C=O) groups is 2. The molecule has 8 nitrogen and oxygen atoms in total. The molecule has 3 aliphatic rings. The van der Waals surface area contributed by atoms with Crippen molar-refractivity contribution < 1.29 is 31.9 Å². The molecule has 198 valence electrons. The van der Waals surface area contributed by atoms with Crippen LogP contribution in [-0.4, -0.2) is 50.3 Å². The molecule has 1 aliphatic carbocycles. The van der Waals surface area contributed by atoms with Crippen molar-refractivity contribution in [3.05, 3.63) is 65.0 Å². The molecule has 2 saturated heterocycles. The lowest BCUT2D eigenvalue weighted by Crippen LogP contribution is -2.47. The van der Waals surface area contributed by atoms with Crippen LogP contribution in [0.4, 0.5) is 9.18 Å². The number of ether oxygens (including phenoxy) is 2. The van der Waals surface area contributed by atoms with Crippen LogP contribution >= 0.6 is 0 Å². The standard InChI is InChI=1S/C27H31FN2O6S/c1-37(33,34)29-26(31)23-13-22(19-7-8-19)25(14-24(23)28)35-16-18-11-20-9-10-21(12-18)30(20)27(32)36-15-17-5-3-2-4-6-17/h2-6,13-14,18-21H,7-12,15-16H2,1H3,(H,29,31)/t18?,20-,21+. The number of fused-ring (bicyclic) bond motifs is 2. The normalized spacial score (nSPS) is 23.0. The van der Waals surface area contributed by atoms with Crippen LogP contribution in [-0.2, 0) is 21.4 Å². The summed E-state index contributed by atoms with van der Waals surface area (Å²) in [6.45, 7) is 0.629. The van der Waals surface area contributed by atoms with Crippen LogP contribution in [0.25, 0.3) is 0 Å². The van der Waals surface area contributed by atoms with Gasteiger partial charge in [-0.1, -0.05) is 30.3 Å². The van der Waals surface area contributed by atoms with E-state index in [4.69, 9.17) is 9.47 Å². The maximum Gasteiger partial charge on any atom is 0.410 e. The Hall–Kier alpha value is -3.14. The molecule has 37 heavy (non-hydrogen) atoms. The van der Waals surface area contributed by atoms with Crippen molar-refractivity contribution in [2.75, 3.05) is 12.9 Å². The molecule has 2 amide bonds. The molecule has 2 aromatic carbocycles. The third-order valence-electron chi connectivity index (χ3n) is 7.36. The van der Waals surface area contributed by atoms with Gasteiger partial charge in [0.1, 0.15) is 18.2 Å². The van der Waals surface area contributed by atoms with Gasteiger partial charge in [-0.05, 0) is 67.6 Å². The zero-order chi connectivity index (χ0) is 26.2. The van der Waals surface area contributed by atoms with E-state index in [9.17, 15) is 22.4 Å². The molecule has 0 radical (unpaired) electrons. The number of hydrogen-bond donors (Lipinski definition) is 1. The number of nitrogens with one attached hydrogen (secondary N) is 1. The van der Waals surface area contributed by atoms with E-state index in [2.05, 4.69) is 0 Å². The second kappa shape index (κ2) is 10.3. The lowest BCUT2D eigenvalue weighted by atomic mass is 9.91. The van der Waals surface area contributed by atoms with Crippen molar-refractivity contribution in [1.82, 2.24) is 9.62 Å². The number of rotatable bonds is 8. The highest BCUT2D eigenvalue weighted by Gasteiger charge is 2.44. The molecule has 3 atom stereocenters. The van der Waals surface area contributed by atoms with E-state index in [1.54, 1.807) is 0 Å². The molecule has 0 spiro atoms. The van der Waals surface area contributed by atoms with E-state index in [-0.39, 0.29) is 42.2 Å². The second-order valence-corrected chi connectivity index (χ2v) is 12.1. The number of sulfonamides is 1. The Morgan fingerprint density at radius 1 is 1.05 bits per heavy atom. The Kier molecular flexibility index (Phi) is 7.11. The first-order valence-electron chi connectivity index (χ1n) is 12.7. The number of amides is 2. The molecule has 0 aromatic heterocycles. The summed E-state index contributed by atoms with van der Waals surface area (Å²) < 4.78 is 51.1. The minimum atomic E-state index is -3.81. The molecular formula is C27H31FN2O6S. The smallest absolute Gasteiger partial charge is 0.410 e. The summed E-state index contributed by atoms with van der Waals surface area (Å²) in [6, 6.07) is 12.4. The maximum atomic E-state index is 14.8. The molecule has 3 fully saturated rings. The number of hydrogen-bond acceptors (Lipinski definition) is 6. The monoisotopic (exact) mass is 530 g/mol. The summed E-state index contributed by atoms with van der Waals surface area (Å²) in [5.41, 5.74) is 1.37. The van der Waals surface area contributed by atoms with Crippen molar-refractivity contribution in [2.24, 2.45) is 5.92 Å². The largest absolute Gasteiger partial charge is 0.493 e. The summed E-state index contributed by atoms with van der Waals surface area (Å²) in [4.78, 5) is 27.0. The number of carbonyl (C=O) groups excluding carboxylic acids is 2. The Labute approximate surface area is 216 Å². The van der Waals surface area contributed by atoms with E-state index >= 15 is 0 Å². The molecule has 2 heterocycles. The highest BCUT2D eigenvalue weighted by atomic mass is 32.2. The summed E-state index contributed by atoms with van der Waals surface area (Å²) >= 11 is 0. The first-order chi connectivity index (χ1) is 17.7. The van der Waals surface area contributed by atoms with Gasteiger partial charge in [-0.3, -0.25) is 4.79 Å². The lowest BCUT2D eigenvalue weighted by molar-refractivity contribution is 0.0449. The first-order valence-corrected chi connectivity index (χ1v) is 14.5. The van der Waals surface area contributed by atoms with Crippen LogP contribution in [0.2, 0.25) is 0 Å². The molecular weight excluding hydrogens is 499 g/mol. The van der Waals surface area contributed by atoms with E-state index in [0.29, 0.717) is 12.4 Å². The van der Waals surface area contributed by atoms with Crippen molar-refractivity contribution >= 4 is 22.0 Å². The molecule has 1 N–H and O–H groups in total. The van der Waals surface area contributed by atoms with Gasteiger partial charge in [0.15, 0.2) is 0 Å². The fourth-order valence-corrected chi connectivity index (χ4v) is 5.98. The van der Waals surface area contributed by atoms with E-state index in [1.807, 2.05) is 40.0 Å². The average Bonchev–Trinajstić information content (AvgIpc) is 3.65. The van der Waals surface area contributed by atoms with Crippen LogP contribution in [0.5, 0.6) is 5.75 Å². The minimum absolute atomic E-state index is 0.0947. The third-order valence-corrected chi connectivity index (χ3v) is 7.92. The number of piperidine rings is 1. The SMILES string of the molecule is CS(=O)(=O)NC(=O)c1cc(C2CC2)c(OCC2C[C@H]3CC[C@@H](C2)N3C(=O)OCc2ccccc2)cc1F. The number of nitrogens with zero attached hydrogens (tertiary/aromatic N) is 1. The molecule has 2 aliphatic heterocycles. The predicted octanol–water partition coefficient (Wildman–Crippen LogP) is 4.35. The summed E-state index contributed by atoms with van der Waals surface area (Å²) in [5, 5.41) is 0. The van der Waals surface area contributed by atoms with Crippen molar-refractivity contribution in [3.63, 3.8) is 0 Å². The van der Waals surface area contributed by atoms with Gasteiger partial charge in [0.05, 0.1) is 18.4 Å². The Balaban J connectivity index is 1.21. The van der Waals surface area contributed by atoms with Crippen molar-refractivity contribution in [1.29, 1.82) is 0 Å². The second-order valence-electron chi connectivity index (χ2n) is 10.3. The van der Waals surface area contributed by atoms with Gasteiger partial charge in [-0.25, -0.2) is 22.3 Å². The summed E-state index contributed by atoms with van der Waals surface area (Å²) in [7, 11) is -3.81. The Morgan fingerprint density at radius 2 is 1.73 bits per heavy atom. The van der Waals surface area contributed by atoms with Crippen molar-refractivity contribution in [2.45, 2.75) is 63.1 Å². The topological polar surface area (TPSA) is 102 Å². The molecule has 5 rings (SSSR count). The zero-order valence-electron chi connectivity index (χ0n) is 20.7. The predicted molar refractivity (Wildman–Crippen MR) is 134 cm³/mol.